The minimum absolute atomic E-state index is 0.185. The van der Waals surface area contributed by atoms with Crippen molar-refractivity contribution in [2.24, 2.45) is 11.3 Å². The van der Waals surface area contributed by atoms with E-state index >= 15 is 0 Å². The minimum atomic E-state index is -0.360. The number of furan rings is 1. The Balaban J connectivity index is 1.63. The van der Waals surface area contributed by atoms with Gasteiger partial charge in [-0.25, -0.2) is 0 Å². The lowest BCUT2D eigenvalue weighted by atomic mass is 9.72. The zero-order chi connectivity index (χ0) is 23.6. The summed E-state index contributed by atoms with van der Waals surface area (Å²) in [5, 5.41) is 6.48. The highest BCUT2D eigenvalue weighted by atomic mass is 32.1. The summed E-state index contributed by atoms with van der Waals surface area (Å²) in [4.78, 5) is 27.3. The largest absolute Gasteiger partial charge is 0.494 e. The van der Waals surface area contributed by atoms with E-state index < -0.39 is 0 Å². The van der Waals surface area contributed by atoms with Crippen LogP contribution < -0.4 is 15.4 Å². The first-order valence-corrected chi connectivity index (χ1v) is 12.1. The van der Waals surface area contributed by atoms with E-state index in [0.29, 0.717) is 28.8 Å². The van der Waals surface area contributed by atoms with Crippen molar-refractivity contribution >= 4 is 33.8 Å². The summed E-state index contributed by atoms with van der Waals surface area (Å²) in [7, 11) is 0. The highest BCUT2D eigenvalue weighted by Crippen LogP contribution is 2.44. The molecule has 4 rings (SSSR count). The number of ether oxygens (including phenoxy) is 1. The second kappa shape index (κ2) is 9.43. The maximum Gasteiger partial charge on any atom is 0.291 e. The van der Waals surface area contributed by atoms with Gasteiger partial charge in [0.15, 0.2) is 5.76 Å². The molecule has 1 aromatic carbocycles. The van der Waals surface area contributed by atoms with Crippen LogP contribution in [0, 0.1) is 11.3 Å². The van der Waals surface area contributed by atoms with Crippen LogP contribution in [0.2, 0.25) is 0 Å². The number of hydrogen-bond acceptors (Lipinski definition) is 5. The molecule has 1 aliphatic rings. The Kier molecular flexibility index (Phi) is 6.61. The van der Waals surface area contributed by atoms with Crippen LogP contribution in [0.4, 0.5) is 10.7 Å². The molecule has 6 nitrogen and oxygen atoms in total. The number of benzene rings is 1. The van der Waals surface area contributed by atoms with Gasteiger partial charge < -0.3 is 19.8 Å². The van der Waals surface area contributed by atoms with Gasteiger partial charge in [-0.3, -0.25) is 9.59 Å². The van der Waals surface area contributed by atoms with Crippen LogP contribution in [-0.4, -0.2) is 18.4 Å². The van der Waals surface area contributed by atoms with Crippen LogP contribution in [0.5, 0.6) is 5.75 Å². The van der Waals surface area contributed by atoms with E-state index in [0.717, 1.165) is 30.6 Å². The van der Waals surface area contributed by atoms with Crippen LogP contribution in [0.15, 0.2) is 47.1 Å². The molecule has 2 aromatic heterocycles. The highest BCUT2D eigenvalue weighted by molar-refractivity contribution is 7.17. The third kappa shape index (κ3) is 5.14. The van der Waals surface area contributed by atoms with Gasteiger partial charge in [0.05, 0.1) is 18.4 Å². The number of anilines is 2. The molecule has 0 saturated carbocycles. The van der Waals surface area contributed by atoms with Crippen LogP contribution >= 0.6 is 11.3 Å². The molecule has 7 heteroatoms. The summed E-state index contributed by atoms with van der Waals surface area (Å²) in [5.41, 5.74) is 2.45. The number of amides is 2. The van der Waals surface area contributed by atoms with Gasteiger partial charge in [0.1, 0.15) is 10.8 Å². The zero-order valence-corrected chi connectivity index (χ0v) is 20.3. The predicted octanol–water partition coefficient (Wildman–Crippen LogP) is 6.40. The van der Waals surface area contributed by atoms with Crippen LogP contribution in [0.25, 0.3) is 0 Å². The molecular weight excluding hydrogens is 436 g/mol. The molecule has 0 aliphatic heterocycles. The molecule has 1 unspecified atom stereocenters. The monoisotopic (exact) mass is 466 g/mol. The Labute approximate surface area is 198 Å². The summed E-state index contributed by atoms with van der Waals surface area (Å²) in [6, 6.07) is 10.6. The Morgan fingerprint density at radius 1 is 1.12 bits per heavy atom. The lowest BCUT2D eigenvalue weighted by Crippen LogP contribution is -2.27. The number of carbonyl (C=O) groups excluding carboxylic acids is 2. The summed E-state index contributed by atoms with van der Waals surface area (Å²) in [5.74, 6) is 0.913. The van der Waals surface area contributed by atoms with E-state index in [4.69, 9.17) is 9.15 Å². The molecule has 1 atom stereocenters. The number of fused-ring (bicyclic) bond motifs is 1. The first-order valence-electron chi connectivity index (χ1n) is 11.3. The molecular formula is C26H30N2O4S. The van der Waals surface area contributed by atoms with Crippen LogP contribution in [0.1, 0.15) is 65.5 Å². The van der Waals surface area contributed by atoms with Crippen molar-refractivity contribution in [3.63, 3.8) is 0 Å². The van der Waals surface area contributed by atoms with E-state index in [9.17, 15) is 9.59 Å². The van der Waals surface area contributed by atoms with Crippen molar-refractivity contribution in [3.05, 3.63) is 64.4 Å². The molecule has 0 spiro atoms. The Morgan fingerprint density at radius 2 is 1.88 bits per heavy atom. The molecule has 2 amide bonds. The van der Waals surface area contributed by atoms with Crippen LogP contribution in [-0.2, 0) is 12.8 Å². The molecule has 2 heterocycles. The van der Waals surface area contributed by atoms with Gasteiger partial charge in [-0.15, -0.1) is 11.3 Å². The summed E-state index contributed by atoms with van der Waals surface area (Å²) in [6.07, 6.45) is 4.20. The highest BCUT2D eigenvalue weighted by Gasteiger charge is 2.34. The number of nitrogens with one attached hydrogen (secondary N) is 2. The van der Waals surface area contributed by atoms with Gasteiger partial charge in [0.25, 0.3) is 11.8 Å². The van der Waals surface area contributed by atoms with Gasteiger partial charge in [0, 0.05) is 10.6 Å². The summed E-state index contributed by atoms with van der Waals surface area (Å²) >= 11 is 1.50. The third-order valence-corrected chi connectivity index (χ3v) is 7.28. The fourth-order valence-corrected chi connectivity index (χ4v) is 5.54. The SMILES string of the molecule is CCOc1ccc(NC(=O)c2c(NC(=O)c3ccco3)sc3c2CCC(C(C)(C)C)C3)cc1. The average molecular weight is 467 g/mol. The molecule has 0 radical (unpaired) electrons. The molecule has 2 N–H and O–H groups in total. The van der Waals surface area contributed by atoms with E-state index in [2.05, 4.69) is 31.4 Å². The average Bonchev–Trinajstić information content (AvgIpc) is 3.42. The van der Waals surface area contributed by atoms with Crippen molar-refractivity contribution in [1.82, 2.24) is 0 Å². The maximum atomic E-state index is 13.4. The standard InChI is InChI=1S/C26H30N2O4S/c1-5-31-18-11-9-17(10-12-18)27-24(30)22-19-13-8-16(26(2,3)4)15-21(19)33-25(22)28-23(29)20-7-6-14-32-20/h6-7,9-12,14,16H,5,8,13,15H2,1-4H3,(H,27,30)(H,28,29). The molecule has 33 heavy (non-hydrogen) atoms. The Morgan fingerprint density at radius 3 is 2.52 bits per heavy atom. The predicted molar refractivity (Wildman–Crippen MR) is 132 cm³/mol. The number of hydrogen-bond donors (Lipinski definition) is 2. The molecule has 0 fully saturated rings. The molecule has 3 aromatic rings. The van der Waals surface area contributed by atoms with Crippen molar-refractivity contribution in [3.8, 4) is 5.75 Å². The van der Waals surface area contributed by atoms with Gasteiger partial charge in [-0.2, -0.15) is 0 Å². The van der Waals surface area contributed by atoms with Crippen LogP contribution in [0.3, 0.4) is 0 Å². The van der Waals surface area contributed by atoms with E-state index in [1.54, 1.807) is 12.1 Å². The van der Waals surface area contributed by atoms with Gasteiger partial charge in [-0.05, 0) is 79.5 Å². The van der Waals surface area contributed by atoms with Crippen molar-refractivity contribution in [2.75, 3.05) is 17.2 Å². The van der Waals surface area contributed by atoms with Crippen molar-refractivity contribution in [2.45, 2.75) is 47.0 Å². The second-order valence-electron chi connectivity index (χ2n) is 9.36. The van der Waals surface area contributed by atoms with Gasteiger partial charge in [-0.1, -0.05) is 20.8 Å². The van der Waals surface area contributed by atoms with E-state index in [-0.39, 0.29) is 23.0 Å². The lowest BCUT2D eigenvalue weighted by Gasteiger charge is -2.33. The summed E-state index contributed by atoms with van der Waals surface area (Å²) in [6.45, 7) is 9.29. The Hall–Kier alpha value is -3.06. The van der Waals surface area contributed by atoms with Crippen molar-refractivity contribution in [1.29, 1.82) is 0 Å². The molecule has 1 aliphatic carbocycles. The first-order chi connectivity index (χ1) is 15.8. The minimum Gasteiger partial charge on any atom is -0.494 e. The number of carbonyl (C=O) groups is 2. The number of rotatable bonds is 6. The topological polar surface area (TPSA) is 80.6 Å². The quantitative estimate of drug-likeness (QED) is 0.441. The normalized spacial score (nSPS) is 15.6. The fraction of sp³-hybridized carbons (Fsp3) is 0.385. The van der Waals surface area contributed by atoms with E-state index in [1.165, 1.54) is 22.5 Å². The second-order valence-corrected chi connectivity index (χ2v) is 10.5. The van der Waals surface area contributed by atoms with Gasteiger partial charge in [0.2, 0.25) is 0 Å². The van der Waals surface area contributed by atoms with Gasteiger partial charge >= 0.3 is 0 Å². The third-order valence-electron chi connectivity index (χ3n) is 6.11. The number of thiophene rings is 1. The van der Waals surface area contributed by atoms with Crippen molar-refractivity contribution < 1.29 is 18.7 Å². The molecule has 0 bridgehead atoms. The lowest BCUT2D eigenvalue weighted by molar-refractivity contribution is 0.0997. The van der Waals surface area contributed by atoms with E-state index in [1.807, 2.05) is 31.2 Å². The summed E-state index contributed by atoms with van der Waals surface area (Å²) < 4.78 is 10.7. The zero-order valence-electron chi connectivity index (χ0n) is 19.5. The molecule has 0 saturated heterocycles. The maximum absolute atomic E-state index is 13.4. The first kappa shape index (κ1) is 23.1. The fourth-order valence-electron chi connectivity index (χ4n) is 4.22. The molecule has 174 valence electrons. The smallest absolute Gasteiger partial charge is 0.291 e. The Bertz CT molecular complexity index is 1120.